The molecule has 0 fully saturated rings. The number of benzene rings is 1. The molecule has 1 aromatic carbocycles. The molecule has 2 aromatic rings. The molecule has 5 heteroatoms. The van der Waals surface area contributed by atoms with Crippen LogP contribution in [0.2, 0.25) is 0 Å². The zero-order valence-electron chi connectivity index (χ0n) is 11.1. The van der Waals surface area contributed by atoms with Gasteiger partial charge in [0, 0.05) is 6.20 Å². The summed E-state index contributed by atoms with van der Waals surface area (Å²) in [4.78, 5) is 15.7. The van der Waals surface area contributed by atoms with Crippen LogP contribution in [-0.4, -0.2) is 24.2 Å². The summed E-state index contributed by atoms with van der Waals surface area (Å²) < 4.78 is 5.06. The standard InChI is InChI=1S/C15H15N3O2/c1-20-14-7-5-12(6-8-14)10-15(19)18-17-11-13-4-2-3-9-16-13/h2-9,11H,10H2,1H3,(H,18,19). The zero-order valence-corrected chi connectivity index (χ0v) is 11.1. The van der Waals surface area contributed by atoms with Gasteiger partial charge in [-0.3, -0.25) is 9.78 Å². The van der Waals surface area contributed by atoms with Crippen LogP contribution in [0, 0.1) is 0 Å². The molecule has 0 radical (unpaired) electrons. The largest absolute Gasteiger partial charge is 0.497 e. The summed E-state index contributed by atoms with van der Waals surface area (Å²) >= 11 is 0. The highest BCUT2D eigenvalue weighted by atomic mass is 16.5. The van der Waals surface area contributed by atoms with Crippen molar-refractivity contribution in [3.63, 3.8) is 0 Å². The van der Waals surface area contributed by atoms with Crippen molar-refractivity contribution in [1.29, 1.82) is 0 Å². The van der Waals surface area contributed by atoms with Crippen molar-refractivity contribution >= 4 is 12.1 Å². The van der Waals surface area contributed by atoms with Crippen molar-refractivity contribution in [2.24, 2.45) is 5.10 Å². The minimum absolute atomic E-state index is 0.178. The van der Waals surface area contributed by atoms with Gasteiger partial charge in [0.25, 0.3) is 0 Å². The second kappa shape index (κ2) is 7.04. The smallest absolute Gasteiger partial charge is 0.244 e. The van der Waals surface area contributed by atoms with Gasteiger partial charge in [0.1, 0.15) is 5.75 Å². The third-order valence-electron chi connectivity index (χ3n) is 2.60. The Hall–Kier alpha value is -2.69. The van der Waals surface area contributed by atoms with E-state index in [1.165, 1.54) is 6.21 Å². The maximum atomic E-state index is 11.7. The van der Waals surface area contributed by atoms with Gasteiger partial charge in [-0.05, 0) is 29.8 Å². The molecular weight excluding hydrogens is 254 g/mol. The molecule has 1 aromatic heterocycles. The number of methoxy groups -OCH3 is 1. The van der Waals surface area contributed by atoms with Crippen molar-refractivity contribution in [3.8, 4) is 5.75 Å². The first kappa shape index (κ1) is 13.7. The number of amides is 1. The van der Waals surface area contributed by atoms with E-state index in [2.05, 4.69) is 15.5 Å². The van der Waals surface area contributed by atoms with Gasteiger partial charge in [-0.2, -0.15) is 5.10 Å². The molecule has 102 valence electrons. The van der Waals surface area contributed by atoms with Crippen LogP contribution in [0.25, 0.3) is 0 Å². The van der Waals surface area contributed by atoms with E-state index in [0.717, 1.165) is 11.3 Å². The molecule has 0 aliphatic carbocycles. The van der Waals surface area contributed by atoms with E-state index in [-0.39, 0.29) is 12.3 Å². The lowest BCUT2D eigenvalue weighted by Crippen LogP contribution is -2.19. The van der Waals surface area contributed by atoms with E-state index in [9.17, 15) is 4.79 Å². The van der Waals surface area contributed by atoms with Crippen LogP contribution < -0.4 is 10.2 Å². The van der Waals surface area contributed by atoms with Crippen molar-refractivity contribution in [1.82, 2.24) is 10.4 Å². The number of carbonyl (C=O) groups excluding carboxylic acids is 1. The number of hydrogen-bond donors (Lipinski definition) is 1. The second-order valence-corrected chi connectivity index (χ2v) is 4.07. The van der Waals surface area contributed by atoms with Crippen molar-refractivity contribution in [2.45, 2.75) is 6.42 Å². The van der Waals surface area contributed by atoms with Gasteiger partial charge in [0.15, 0.2) is 0 Å². The zero-order chi connectivity index (χ0) is 14.2. The fourth-order valence-electron chi connectivity index (χ4n) is 1.59. The van der Waals surface area contributed by atoms with Crippen LogP contribution in [0.15, 0.2) is 53.8 Å². The van der Waals surface area contributed by atoms with Crippen molar-refractivity contribution in [3.05, 3.63) is 59.9 Å². The van der Waals surface area contributed by atoms with Gasteiger partial charge < -0.3 is 4.74 Å². The SMILES string of the molecule is COc1ccc(CC(=O)NN=Cc2ccccn2)cc1. The molecule has 1 amide bonds. The van der Waals surface area contributed by atoms with E-state index in [0.29, 0.717) is 5.69 Å². The fraction of sp³-hybridized carbons (Fsp3) is 0.133. The maximum Gasteiger partial charge on any atom is 0.244 e. The Bertz CT molecular complexity index is 580. The summed E-state index contributed by atoms with van der Waals surface area (Å²) in [5.74, 6) is 0.588. The highest BCUT2D eigenvalue weighted by Crippen LogP contribution is 2.11. The number of hydrogen-bond acceptors (Lipinski definition) is 4. The molecule has 0 aliphatic rings. The van der Waals surface area contributed by atoms with Crippen LogP contribution >= 0.6 is 0 Å². The molecule has 1 heterocycles. The number of rotatable bonds is 5. The van der Waals surface area contributed by atoms with Gasteiger partial charge in [-0.1, -0.05) is 18.2 Å². The van der Waals surface area contributed by atoms with Crippen LogP contribution in [0.4, 0.5) is 0 Å². The number of hydrazone groups is 1. The predicted molar refractivity (Wildman–Crippen MR) is 76.7 cm³/mol. The number of carbonyl (C=O) groups is 1. The Morgan fingerprint density at radius 1 is 1.30 bits per heavy atom. The lowest BCUT2D eigenvalue weighted by molar-refractivity contribution is -0.120. The number of pyridine rings is 1. The lowest BCUT2D eigenvalue weighted by Gasteiger charge is -2.02. The second-order valence-electron chi connectivity index (χ2n) is 4.07. The van der Waals surface area contributed by atoms with Gasteiger partial charge in [0.2, 0.25) is 5.91 Å². The third-order valence-corrected chi connectivity index (χ3v) is 2.60. The van der Waals surface area contributed by atoms with E-state index >= 15 is 0 Å². The first-order valence-corrected chi connectivity index (χ1v) is 6.14. The van der Waals surface area contributed by atoms with Gasteiger partial charge in [-0.25, -0.2) is 5.43 Å². The summed E-state index contributed by atoms with van der Waals surface area (Å²) in [6.07, 6.45) is 3.44. The molecular formula is C15H15N3O2. The first-order valence-electron chi connectivity index (χ1n) is 6.14. The third kappa shape index (κ3) is 4.20. The topological polar surface area (TPSA) is 63.6 Å². The number of aromatic nitrogens is 1. The molecule has 0 atom stereocenters. The molecule has 2 rings (SSSR count). The van der Waals surface area contributed by atoms with E-state index in [4.69, 9.17) is 4.74 Å². The van der Waals surface area contributed by atoms with E-state index in [1.54, 1.807) is 19.4 Å². The molecule has 20 heavy (non-hydrogen) atoms. The molecule has 0 bridgehead atoms. The summed E-state index contributed by atoms with van der Waals surface area (Å²) in [5.41, 5.74) is 4.06. The van der Waals surface area contributed by atoms with Crippen LogP contribution in [0.3, 0.4) is 0 Å². The fourth-order valence-corrected chi connectivity index (χ4v) is 1.59. The summed E-state index contributed by atoms with van der Waals surface area (Å²) in [7, 11) is 1.61. The van der Waals surface area contributed by atoms with Crippen molar-refractivity contribution < 1.29 is 9.53 Å². The molecule has 0 saturated carbocycles. The normalized spacial score (nSPS) is 10.4. The molecule has 0 saturated heterocycles. The number of ether oxygens (including phenoxy) is 1. The summed E-state index contributed by atoms with van der Waals surface area (Å²) in [6.45, 7) is 0. The highest BCUT2D eigenvalue weighted by molar-refractivity contribution is 5.82. The highest BCUT2D eigenvalue weighted by Gasteiger charge is 2.02. The quantitative estimate of drug-likeness (QED) is 0.664. The maximum absolute atomic E-state index is 11.7. The Balaban J connectivity index is 1.84. The average Bonchev–Trinajstić information content (AvgIpc) is 2.49. The molecule has 5 nitrogen and oxygen atoms in total. The van der Waals surface area contributed by atoms with Crippen molar-refractivity contribution in [2.75, 3.05) is 7.11 Å². The average molecular weight is 269 g/mol. The number of nitrogens with zero attached hydrogens (tertiary/aromatic N) is 2. The van der Waals surface area contributed by atoms with Gasteiger partial charge in [-0.15, -0.1) is 0 Å². The summed E-state index contributed by atoms with van der Waals surface area (Å²) in [6, 6.07) is 12.8. The Morgan fingerprint density at radius 2 is 2.10 bits per heavy atom. The molecule has 1 N–H and O–H groups in total. The number of nitrogens with one attached hydrogen (secondary N) is 1. The minimum atomic E-state index is -0.178. The van der Waals surface area contributed by atoms with E-state index in [1.807, 2.05) is 36.4 Å². The lowest BCUT2D eigenvalue weighted by atomic mass is 10.1. The molecule has 0 aliphatic heterocycles. The Labute approximate surface area is 117 Å². The molecule has 0 unspecified atom stereocenters. The van der Waals surface area contributed by atoms with Crippen LogP contribution in [0.5, 0.6) is 5.75 Å². The van der Waals surface area contributed by atoms with Gasteiger partial charge >= 0.3 is 0 Å². The van der Waals surface area contributed by atoms with Gasteiger partial charge in [0.05, 0.1) is 25.4 Å². The summed E-state index contributed by atoms with van der Waals surface area (Å²) in [5, 5.41) is 3.86. The van der Waals surface area contributed by atoms with Crippen LogP contribution in [0.1, 0.15) is 11.3 Å². The Morgan fingerprint density at radius 3 is 2.75 bits per heavy atom. The van der Waals surface area contributed by atoms with E-state index < -0.39 is 0 Å². The first-order chi connectivity index (χ1) is 9.78. The monoisotopic (exact) mass is 269 g/mol. The molecule has 0 spiro atoms. The predicted octanol–water partition coefficient (Wildman–Crippen LogP) is 1.78. The minimum Gasteiger partial charge on any atom is -0.497 e. The van der Waals surface area contributed by atoms with Crippen LogP contribution in [-0.2, 0) is 11.2 Å². The Kier molecular flexibility index (Phi) is 4.83.